The van der Waals surface area contributed by atoms with Crippen molar-refractivity contribution in [2.24, 2.45) is 23.2 Å². The summed E-state index contributed by atoms with van der Waals surface area (Å²) in [6.45, 7) is 4.33. The first-order chi connectivity index (χ1) is 12.1. The van der Waals surface area contributed by atoms with E-state index < -0.39 is 18.1 Å². The van der Waals surface area contributed by atoms with E-state index in [-0.39, 0.29) is 17.3 Å². The zero-order valence-electron chi connectivity index (χ0n) is 15.6. The van der Waals surface area contributed by atoms with Crippen LogP contribution in [-0.4, -0.2) is 31.2 Å². The minimum absolute atomic E-state index is 0.0122. The lowest BCUT2D eigenvalue weighted by Crippen LogP contribution is -2.62. The van der Waals surface area contributed by atoms with Gasteiger partial charge in [-0.3, -0.25) is 9.59 Å². The molecule has 7 heteroatoms. The SMILES string of the molecule is COC(=O)CCCC=CC[C@H]1C2CC(C[C@@H]1NC(=O)C(F)(F)F)C2(C)C. The Morgan fingerprint density at radius 1 is 1.23 bits per heavy atom. The summed E-state index contributed by atoms with van der Waals surface area (Å²) in [5.41, 5.74) is 0.114. The zero-order chi connectivity index (χ0) is 19.5. The van der Waals surface area contributed by atoms with Crippen molar-refractivity contribution in [2.75, 3.05) is 7.11 Å². The second kappa shape index (κ2) is 8.01. The van der Waals surface area contributed by atoms with Crippen LogP contribution in [0, 0.1) is 23.2 Å². The fourth-order valence-corrected chi connectivity index (χ4v) is 4.53. The number of hydrogen-bond donors (Lipinski definition) is 1. The summed E-state index contributed by atoms with van der Waals surface area (Å²) < 4.78 is 42.4. The summed E-state index contributed by atoms with van der Waals surface area (Å²) in [6, 6.07) is -0.430. The van der Waals surface area contributed by atoms with Gasteiger partial charge in [0.15, 0.2) is 0 Å². The molecule has 148 valence electrons. The van der Waals surface area contributed by atoms with Gasteiger partial charge >= 0.3 is 18.1 Å². The van der Waals surface area contributed by atoms with Crippen LogP contribution in [0.5, 0.6) is 0 Å². The van der Waals surface area contributed by atoms with Crippen LogP contribution in [0.1, 0.15) is 52.4 Å². The Labute approximate surface area is 152 Å². The Bertz CT molecular complexity index is 557. The molecule has 3 aliphatic carbocycles. The molecule has 3 aliphatic rings. The Balaban J connectivity index is 1.92. The molecule has 0 saturated heterocycles. The minimum atomic E-state index is -4.84. The van der Waals surface area contributed by atoms with Gasteiger partial charge in [-0.15, -0.1) is 0 Å². The molecule has 0 spiro atoms. The number of halogens is 3. The molecule has 0 aromatic carbocycles. The number of unbranched alkanes of at least 4 members (excludes halogenated alkanes) is 1. The van der Waals surface area contributed by atoms with Gasteiger partial charge in [-0.25, -0.2) is 0 Å². The van der Waals surface area contributed by atoms with E-state index >= 15 is 0 Å². The van der Waals surface area contributed by atoms with E-state index in [1.165, 1.54) is 7.11 Å². The molecule has 0 heterocycles. The monoisotopic (exact) mass is 375 g/mol. The Kier molecular flexibility index (Phi) is 6.40. The van der Waals surface area contributed by atoms with Crippen molar-refractivity contribution in [3.05, 3.63) is 12.2 Å². The standard InChI is InChI=1S/C19H28F3NO3/c1-18(2)12-10-14(18)13(8-6-4-5-7-9-16(24)26-3)15(11-12)23-17(25)19(20,21)22/h4,6,12-15H,5,7-11H2,1-3H3,(H,23,25)/t12?,13-,14?,15-/m0/s1. The molecular formula is C19H28F3NO3. The van der Waals surface area contributed by atoms with Crippen LogP contribution < -0.4 is 5.32 Å². The Morgan fingerprint density at radius 3 is 2.50 bits per heavy atom. The molecular weight excluding hydrogens is 347 g/mol. The number of carbonyl (C=O) groups is 2. The van der Waals surface area contributed by atoms with Crippen LogP contribution >= 0.6 is 0 Å². The maximum absolute atomic E-state index is 12.6. The largest absolute Gasteiger partial charge is 0.471 e. The predicted molar refractivity (Wildman–Crippen MR) is 91.1 cm³/mol. The predicted octanol–water partition coefficient (Wildman–Crippen LogP) is 4.01. The number of ether oxygens (including phenoxy) is 1. The molecule has 2 unspecified atom stereocenters. The van der Waals surface area contributed by atoms with Gasteiger partial charge in [0.1, 0.15) is 0 Å². The molecule has 1 N–H and O–H groups in total. The third kappa shape index (κ3) is 4.60. The third-order valence-corrected chi connectivity index (χ3v) is 6.25. The van der Waals surface area contributed by atoms with Gasteiger partial charge in [-0.2, -0.15) is 13.2 Å². The topological polar surface area (TPSA) is 55.4 Å². The molecule has 26 heavy (non-hydrogen) atoms. The lowest BCUT2D eigenvalue weighted by Gasteiger charge is -2.62. The summed E-state index contributed by atoms with van der Waals surface area (Å²) in [4.78, 5) is 22.4. The number of fused-ring (bicyclic) bond motifs is 2. The first kappa shape index (κ1) is 20.8. The molecule has 4 nitrogen and oxygen atoms in total. The maximum Gasteiger partial charge on any atom is 0.471 e. The van der Waals surface area contributed by atoms with Gasteiger partial charge in [-0.1, -0.05) is 26.0 Å². The van der Waals surface area contributed by atoms with E-state index in [9.17, 15) is 22.8 Å². The summed E-state index contributed by atoms with van der Waals surface area (Å²) >= 11 is 0. The first-order valence-electron chi connectivity index (χ1n) is 9.16. The number of carbonyl (C=O) groups excluding carboxylic acids is 2. The average Bonchev–Trinajstić information content (AvgIpc) is 2.57. The van der Waals surface area contributed by atoms with Crippen molar-refractivity contribution >= 4 is 11.9 Å². The molecule has 3 saturated carbocycles. The molecule has 0 aromatic heterocycles. The highest BCUT2D eigenvalue weighted by Crippen LogP contribution is 2.62. The highest BCUT2D eigenvalue weighted by molar-refractivity contribution is 5.82. The lowest BCUT2D eigenvalue weighted by molar-refractivity contribution is -0.179. The highest BCUT2D eigenvalue weighted by atomic mass is 19.4. The number of alkyl halides is 3. The minimum Gasteiger partial charge on any atom is -0.469 e. The maximum atomic E-state index is 12.6. The number of nitrogens with one attached hydrogen (secondary N) is 1. The van der Waals surface area contributed by atoms with Gasteiger partial charge in [0.2, 0.25) is 0 Å². The normalized spacial score (nSPS) is 29.9. The van der Waals surface area contributed by atoms with Gasteiger partial charge < -0.3 is 10.1 Å². The first-order valence-corrected chi connectivity index (χ1v) is 9.16. The lowest BCUT2D eigenvalue weighted by atomic mass is 9.44. The third-order valence-electron chi connectivity index (χ3n) is 6.25. The van der Waals surface area contributed by atoms with Crippen molar-refractivity contribution in [3.8, 4) is 0 Å². The van der Waals surface area contributed by atoms with E-state index in [1.54, 1.807) is 0 Å². The number of esters is 1. The molecule has 3 rings (SSSR count). The highest BCUT2D eigenvalue weighted by Gasteiger charge is 2.58. The van der Waals surface area contributed by atoms with E-state index in [0.29, 0.717) is 37.5 Å². The van der Waals surface area contributed by atoms with E-state index in [4.69, 9.17) is 0 Å². The van der Waals surface area contributed by atoms with Gasteiger partial charge in [-0.05, 0) is 55.3 Å². The Morgan fingerprint density at radius 2 is 1.92 bits per heavy atom. The summed E-state index contributed by atoms with van der Waals surface area (Å²) in [5, 5.41) is 2.22. The van der Waals surface area contributed by atoms with Crippen molar-refractivity contribution in [2.45, 2.75) is 64.6 Å². The molecule has 4 atom stereocenters. The molecule has 0 aromatic rings. The van der Waals surface area contributed by atoms with Crippen molar-refractivity contribution in [1.29, 1.82) is 0 Å². The number of amides is 1. The van der Waals surface area contributed by atoms with Gasteiger partial charge in [0.05, 0.1) is 7.11 Å². The van der Waals surface area contributed by atoms with Crippen molar-refractivity contribution in [3.63, 3.8) is 0 Å². The average molecular weight is 375 g/mol. The van der Waals surface area contributed by atoms with E-state index in [2.05, 4.69) is 23.9 Å². The van der Waals surface area contributed by atoms with Crippen LogP contribution in [-0.2, 0) is 14.3 Å². The summed E-state index contributed by atoms with van der Waals surface area (Å²) in [5.74, 6) is -1.39. The smallest absolute Gasteiger partial charge is 0.469 e. The second-order valence-electron chi connectivity index (χ2n) is 8.01. The van der Waals surface area contributed by atoms with Crippen LogP contribution in [0.2, 0.25) is 0 Å². The quantitative estimate of drug-likeness (QED) is 0.416. The number of methoxy groups -OCH3 is 1. The summed E-state index contributed by atoms with van der Waals surface area (Å²) in [6.07, 6.45) is 3.11. The van der Waals surface area contributed by atoms with Gasteiger partial charge in [0.25, 0.3) is 0 Å². The van der Waals surface area contributed by atoms with Gasteiger partial charge in [0, 0.05) is 12.5 Å². The zero-order valence-corrected chi connectivity index (χ0v) is 15.6. The second-order valence-corrected chi connectivity index (χ2v) is 8.01. The van der Waals surface area contributed by atoms with E-state index in [1.807, 2.05) is 12.2 Å². The summed E-state index contributed by atoms with van der Waals surface area (Å²) in [7, 11) is 1.35. The fourth-order valence-electron chi connectivity index (χ4n) is 4.53. The molecule has 1 amide bonds. The van der Waals surface area contributed by atoms with Crippen LogP contribution in [0.3, 0.4) is 0 Å². The molecule has 0 aliphatic heterocycles. The van der Waals surface area contributed by atoms with Crippen molar-refractivity contribution < 1.29 is 27.5 Å². The van der Waals surface area contributed by atoms with Crippen LogP contribution in [0.25, 0.3) is 0 Å². The van der Waals surface area contributed by atoms with Crippen LogP contribution in [0.4, 0.5) is 13.2 Å². The van der Waals surface area contributed by atoms with Crippen LogP contribution in [0.15, 0.2) is 12.2 Å². The van der Waals surface area contributed by atoms with E-state index in [0.717, 1.165) is 12.8 Å². The molecule has 2 bridgehead atoms. The molecule has 3 fully saturated rings. The fraction of sp³-hybridized carbons (Fsp3) is 0.789. The molecule has 0 radical (unpaired) electrons. The van der Waals surface area contributed by atoms with Crippen molar-refractivity contribution in [1.82, 2.24) is 5.32 Å². The Hall–Kier alpha value is -1.53. The number of rotatable bonds is 7. The number of hydrogen-bond acceptors (Lipinski definition) is 3. The number of allylic oxidation sites excluding steroid dienone is 2.